The molecule has 3 heterocycles. The van der Waals surface area contributed by atoms with Crippen LogP contribution in [-0.2, 0) is 0 Å². The number of hydrazine groups is 1. The van der Waals surface area contributed by atoms with Gasteiger partial charge in [0, 0.05) is 24.7 Å². The van der Waals surface area contributed by atoms with Gasteiger partial charge in [-0.05, 0) is 50.6 Å². The van der Waals surface area contributed by atoms with Gasteiger partial charge in [0.1, 0.15) is 17.5 Å². The van der Waals surface area contributed by atoms with Gasteiger partial charge in [0.25, 0.3) is 5.92 Å². The van der Waals surface area contributed by atoms with E-state index in [9.17, 15) is 13.2 Å². The molecule has 7 heteroatoms. The number of halogens is 3. The van der Waals surface area contributed by atoms with E-state index >= 15 is 0 Å². The average Bonchev–Trinajstić information content (AvgIpc) is 3.14. The fourth-order valence-electron chi connectivity index (χ4n) is 3.85. The molecule has 0 aromatic heterocycles. The molecule has 0 N–H and O–H groups in total. The first kappa shape index (κ1) is 18.1. The van der Waals surface area contributed by atoms with Crippen LogP contribution in [0.3, 0.4) is 0 Å². The third-order valence-electron chi connectivity index (χ3n) is 5.11. The summed E-state index contributed by atoms with van der Waals surface area (Å²) in [6, 6.07) is 5.29. The number of benzene rings is 1. The molecule has 0 amide bonds. The van der Waals surface area contributed by atoms with Gasteiger partial charge < -0.3 is 4.90 Å². The van der Waals surface area contributed by atoms with Crippen LogP contribution in [0.4, 0.5) is 13.2 Å². The van der Waals surface area contributed by atoms with Gasteiger partial charge >= 0.3 is 0 Å². The van der Waals surface area contributed by atoms with Gasteiger partial charge in [-0.2, -0.15) is 0 Å². The van der Waals surface area contributed by atoms with E-state index in [-0.39, 0.29) is 12.0 Å². The number of amidine groups is 1. The van der Waals surface area contributed by atoms with Crippen LogP contribution in [0.15, 0.2) is 53.4 Å². The zero-order valence-electron chi connectivity index (χ0n) is 15.7. The maximum atomic E-state index is 14.2. The normalized spacial score (nSPS) is 24.9. The highest BCUT2D eigenvalue weighted by Gasteiger charge is 2.47. The van der Waals surface area contributed by atoms with Gasteiger partial charge in [0.2, 0.25) is 0 Å². The summed E-state index contributed by atoms with van der Waals surface area (Å²) >= 11 is 0. The standard InChI is InChI=1S/C20H23F3N4/c1-19(2,3)27-10-8-18-24-17(7-9-26(18)27)25-13-20(22,23)12-16(25)14-5-4-6-15(21)11-14/h4-9,11,16H,10,12-13H2,1-3H3/t16-/m1/s1. The van der Waals surface area contributed by atoms with Crippen molar-refractivity contribution in [1.82, 2.24) is 14.9 Å². The number of rotatable bonds is 1. The Morgan fingerprint density at radius 2 is 2.00 bits per heavy atom. The highest BCUT2D eigenvalue weighted by Crippen LogP contribution is 2.42. The number of hydrogen-bond donors (Lipinski definition) is 0. The molecule has 1 atom stereocenters. The molecule has 0 aliphatic carbocycles. The van der Waals surface area contributed by atoms with Crippen LogP contribution < -0.4 is 0 Å². The van der Waals surface area contributed by atoms with Gasteiger partial charge in [0.05, 0.1) is 12.6 Å². The Labute approximate surface area is 157 Å². The van der Waals surface area contributed by atoms with E-state index in [0.29, 0.717) is 17.9 Å². The molecule has 0 bridgehead atoms. The summed E-state index contributed by atoms with van der Waals surface area (Å²) in [5.74, 6) is -2.05. The molecule has 1 aromatic rings. The number of aliphatic imine (C=N–C) groups is 1. The minimum atomic E-state index is -2.84. The highest BCUT2D eigenvalue weighted by molar-refractivity contribution is 5.95. The van der Waals surface area contributed by atoms with Gasteiger partial charge in [0.15, 0.2) is 0 Å². The van der Waals surface area contributed by atoms with Crippen molar-refractivity contribution < 1.29 is 13.2 Å². The molecule has 0 saturated carbocycles. The molecule has 4 rings (SSSR count). The van der Waals surface area contributed by atoms with Crippen molar-refractivity contribution in [3.8, 4) is 0 Å². The van der Waals surface area contributed by atoms with Crippen molar-refractivity contribution in [2.45, 2.75) is 44.7 Å². The van der Waals surface area contributed by atoms with E-state index in [4.69, 9.17) is 0 Å². The van der Waals surface area contributed by atoms with Crippen molar-refractivity contribution in [1.29, 1.82) is 0 Å². The summed E-state index contributed by atoms with van der Waals surface area (Å²) in [7, 11) is 0. The van der Waals surface area contributed by atoms with Crippen LogP contribution in [0, 0.1) is 5.82 Å². The molecule has 1 fully saturated rings. The summed E-state index contributed by atoms with van der Waals surface area (Å²) in [5.41, 5.74) is 0.461. The first-order valence-corrected chi connectivity index (χ1v) is 9.08. The summed E-state index contributed by atoms with van der Waals surface area (Å²) in [4.78, 5) is 6.21. The zero-order valence-corrected chi connectivity index (χ0v) is 15.7. The maximum Gasteiger partial charge on any atom is 0.267 e. The Balaban J connectivity index is 1.64. The number of likely N-dealkylation sites (tertiary alicyclic amines) is 1. The average molecular weight is 376 g/mol. The smallest absolute Gasteiger partial charge is 0.267 e. The molecule has 4 nitrogen and oxygen atoms in total. The van der Waals surface area contributed by atoms with Crippen LogP contribution in [0.2, 0.25) is 0 Å². The van der Waals surface area contributed by atoms with Crippen molar-refractivity contribution in [2.24, 2.45) is 4.99 Å². The fraction of sp³-hybridized carbons (Fsp3) is 0.450. The molecule has 3 aliphatic heterocycles. The monoisotopic (exact) mass is 376 g/mol. The van der Waals surface area contributed by atoms with E-state index in [0.717, 1.165) is 5.82 Å². The molecule has 1 saturated heterocycles. The topological polar surface area (TPSA) is 22.1 Å². The predicted octanol–water partition coefficient (Wildman–Crippen LogP) is 4.31. The van der Waals surface area contributed by atoms with Crippen molar-refractivity contribution in [2.75, 3.05) is 13.1 Å². The lowest BCUT2D eigenvalue weighted by atomic mass is 10.0. The summed E-state index contributed by atoms with van der Waals surface area (Å²) in [5, 5.41) is 4.11. The minimum absolute atomic E-state index is 0.0829. The fourth-order valence-corrected chi connectivity index (χ4v) is 3.85. The molecule has 0 radical (unpaired) electrons. The van der Waals surface area contributed by atoms with Gasteiger partial charge in [-0.25, -0.2) is 23.2 Å². The first-order valence-electron chi connectivity index (χ1n) is 9.08. The first-order chi connectivity index (χ1) is 12.6. The molecular weight excluding hydrogens is 353 g/mol. The van der Waals surface area contributed by atoms with E-state index < -0.39 is 24.3 Å². The zero-order chi connectivity index (χ0) is 19.4. The number of hydrogen-bond acceptors (Lipinski definition) is 4. The molecule has 144 valence electrons. The Hall–Kier alpha value is -2.28. The van der Waals surface area contributed by atoms with E-state index in [1.807, 2.05) is 17.3 Å². The maximum absolute atomic E-state index is 14.2. The van der Waals surface area contributed by atoms with Crippen LogP contribution in [0.1, 0.15) is 38.8 Å². The van der Waals surface area contributed by atoms with Crippen LogP contribution in [0.25, 0.3) is 0 Å². The SMILES string of the molecule is CC(C)(C)N1CC=C2N=C(N3CC(F)(F)C[C@@H]3c3cccc(F)c3)C=CN21. The van der Waals surface area contributed by atoms with Crippen molar-refractivity contribution in [3.63, 3.8) is 0 Å². The minimum Gasteiger partial charge on any atom is -0.343 e. The second-order valence-electron chi connectivity index (χ2n) is 8.20. The number of nitrogens with zero attached hydrogens (tertiary/aromatic N) is 4. The van der Waals surface area contributed by atoms with E-state index in [2.05, 4.69) is 30.8 Å². The van der Waals surface area contributed by atoms with Gasteiger partial charge in [-0.15, -0.1) is 0 Å². The van der Waals surface area contributed by atoms with E-state index in [1.165, 1.54) is 12.1 Å². The molecule has 0 spiro atoms. The quantitative estimate of drug-likeness (QED) is 0.729. The largest absolute Gasteiger partial charge is 0.343 e. The lowest BCUT2D eigenvalue weighted by Gasteiger charge is -2.40. The van der Waals surface area contributed by atoms with Crippen molar-refractivity contribution >= 4 is 5.84 Å². The Morgan fingerprint density at radius 3 is 2.70 bits per heavy atom. The van der Waals surface area contributed by atoms with Crippen LogP contribution in [0.5, 0.6) is 0 Å². The predicted molar refractivity (Wildman–Crippen MR) is 98.4 cm³/mol. The molecule has 3 aliphatic rings. The molecule has 27 heavy (non-hydrogen) atoms. The van der Waals surface area contributed by atoms with Gasteiger partial charge in [-0.1, -0.05) is 12.1 Å². The third kappa shape index (κ3) is 3.36. The van der Waals surface area contributed by atoms with Crippen LogP contribution >= 0.6 is 0 Å². The summed E-state index contributed by atoms with van der Waals surface area (Å²) < 4.78 is 42.1. The lowest BCUT2D eigenvalue weighted by Crippen LogP contribution is -2.48. The molecular formula is C20H23F3N4. The molecule has 1 aromatic carbocycles. The second kappa shape index (κ2) is 6.12. The van der Waals surface area contributed by atoms with Crippen LogP contribution in [-0.4, -0.2) is 45.3 Å². The number of fused-ring (bicyclic) bond motifs is 1. The lowest BCUT2D eigenvalue weighted by molar-refractivity contribution is -0.00335. The summed E-state index contributed by atoms with van der Waals surface area (Å²) in [6.07, 6.45) is 5.26. The molecule has 0 unspecified atom stereocenters. The van der Waals surface area contributed by atoms with Gasteiger partial charge in [-0.3, -0.25) is 5.01 Å². The second-order valence-corrected chi connectivity index (χ2v) is 8.20. The summed E-state index contributed by atoms with van der Waals surface area (Å²) in [6.45, 7) is 6.62. The number of alkyl halides is 2. The van der Waals surface area contributed by atoms with Crippen molar-refractivity contribution in [3.05, 3.63) is 59.8 Å². The highest BCUT2D eigenvalue weighted by atomic mass is 19.3. The third-order valence-corrected chi connectivity index (χ3v) is 5.11. The Bertz CT molecular complexity index is 838. The Kier molecular flexibility index (Phi) is 4.10. The Morgan fingerprint density at radius 1 is 1.22 bits per heavy atom. The van der Waals surface area contributed by atoms with E-state index in [1.54, 1.807) is 23.1 Å².